The molecule has 2 aromatic heterocycles. The summed E-state index contributed by atoms with van der Waals surface area (Å²) in [7, 11) is 1.26. The SMILES string of the molecule is CON=C(C(=O)N[C@@H]1C(=O)N2C(C(=O)O)=C(CSC(=O)c3ccco3)CS[C@H]12)c1csc(N)n1.[H-].[Na+]. The first-order valence-corrected chi connectivity index (χ1v) is 12.5. The fraction of sp³-hybridized carbons (Fsp3) is 0.263. The molecule has 1 saturated heterocycles. The molecule has 2 aliphatic rings. The van der Waals surface area contributed by atoms with Crippen LogP contribution in [-0.4, -0.2) is 73.6 Å². The maximum absolute atomic E-state index is 12.8. The molecule has 4 heterocycles. The molecule has 0 aromatic carbocycles. The number of carboxylic acids is 1. The molecule has 0 aliphatic carbocycles. The molecular weight excluding hydrogens is 529 g/mol. The Balaban J connectivity index is 0.00000228. The number of fused-ring (bicyclic) bond motifs is 1. The van der Waals surface area contributed by atoms with Crippen LogP contribution < -0.4 is 40.6 Å². The van der Waals surface area contributed by atoms with Gasteiger partial charge in [-0.3, -0.25) is 19.3 Å². The molecule has 0 bridgehead atoms. The summed E-state index contributed by atoms with van der Waals surface area (Å²) in [6, 6.07) is 2.13. The van der Waals surface area contributed by atoms with Gasteiger partial charge >= 0.3 is 35.5 Å². The molecule has 2 amide bonds. The van der Waals surface area contributed by atoms with Gasteiger partial charge in [-0.1, -0.05) is 16.9 Å². The van der Waals surface area contributed by atoms with Crippen molar-refractivity contribution in [2.24, 2.45) is 5.16 Å². The second-order valence-corrected chi connectivity index (χ2v) is 9.81. The Bertz CT molecular complexity index is 1220. The van der Waals surface area contributed by atoms with Gasteiger partial charge in [-0.25, -0.2) is 9.78 Å². The first-order valence-electron chi connectivity index (χ1n) is 9.55. The van der Waals surface area contributed by atoms with Gasteiger partial charge in [0, 0.05) is 16.9 Å². The van der Waals surface area contributed by atoms with Crippen LogP contribution in [0.5, 0.6) is 0 Å². The number of carboxylic acid groups (broad SMARTS) is 1. The van der Waals surface area contributed by atoms with Gasteiger partial charge in [-0.05, 0) is 17.7 Å². The number of amides is 2. The number of β-lactam (4-membered cyclic amide) rings is 1. The number of thioether (sulfide) groups is 2. The van der Waals surface area contributed by atoms with E-state index in [9.17, 15) is 24.3 Å². The van der Waals surface area contributed by atoms with Crippen molar-refractivity contribution in [2.75, 3.05) is 24.3 Å². The van der Waals surface area contributed by atoms with Crippen molar-refractivity contribution >= 4 is 68.6 Å². The summed E-state index contributed by atoms with van der Waals surface area (Å²) < 4.78 is 5.05. The van der Waals surface area contributed by atoms with Gasteiger partial charge in [0.05, 0.1) is 6.26 Å². The first kappa shape index (κ1) is 27.3. The Morgan fingerprint density at radius 1 is 1.49 bits per heavy atom. The van der Waals surface area contributed by atoms with Crippen LogP contribution in [0.1, 0.15) is 17.7 Å². The number of rotatable bonds is 8. The Kier molecular flexibility index (Phi) is 9.06. The molecule has 35 heavy (non-hydrogen) atoms. The topological polar surface area (TPSA) is 177 Å². The van der Waals surface area contributed by atoms with Crippen LogP contribution in [0.3, 0.4) is 0 Å². The number of hydrogen-bond acceptors (Lipinski definition) is 12. The summed E-state index contributed by atoms with van der Waals surface area (Å²) in [5, 5.41) is 16.8. The average Bonchev–Trinajstić information content (AvgIpc) is 3.50. The second-order valence-electron chi connectivity index (χ2n) is 6.87. The Labute approximate surface area is 234 Å². The minimum absolute atomic E-state index is 0. The number of nitrogen functional groups attached to an aromatic ring is 1. The normalized spacial score (nSPS) is 19.4. The molecule has 180 valence electrons. The summed E-state index contributed by atoms with van der Waals surface area (Å²) in [5.74, 6) is -2.08. The van der Waals surface area contributed by atoms with Crippen LogP contribution in [0.25, 0.3) is 0 Å². The van der Waals surface area contributed by atoms with E-state index in [0.29, 0.717) is 5.57 Å². The number of oxime groups is 1. The van der Waals surface area contributed by atoms with E-state index in [1.165, 1.54) is 36.6 Å². The Hall–Kier alpha value is -2.30. The van der Waals surface area contributed by atoms with E-state index in [2.05, 4.69) is 15.5 Å². The molecule has 0 unspecified atom stereocenters. The number of furan rings is 1. The van der Waals surface area contributed by atoms with Crippen molar-refractivity contribution in [3.8, 4) is 0 Å². The van der Waals surface area contributed by atoms with Crippen molar-refractivity contribution < 1.29 is 64.5 Å². The third-order valence-electron chi connectivity index (χ3n) is 4.80. The number of aromatic nitrogens is 1. The van der Waals surface area contributed by atoms with Crippen LogP contribution in [0, 0.1) is 0 Å². The minimum Gasteiger partial charge on any atom is -1.00 e. The number of aliphatic carboxylic acids is 1. The molecule has 12 nitrogen and oxygen atoms in total. The van der Waals surface area contributed by atoms with E-state index >= 15 is 0 Å². The van der Waals surface area contributed by atoms with Crippen LogP contribution in [0.15, 0.2) is 44.6 Å². The molecule has 4 N–H and O–H groups in total. The van der Waals surface area contributed by atoms with Crippen molar-refractivity contribution in [2.45, 2.75) is 11.4 Å². The molecule has 4 rings (SSSR count). The van der Waals surface area contributed by atoms with E-state index in [1.54, 1.807) is 6.07 Å². The van der Waals surface area contributed by atoms with Crippen molar-refractivity contribution in [1.82, 2.24) is 15.2 Å². The number of thiazole rings is 1. The first-order chi connectivity index (χ1) is 16.3. The van der Waals surface area contributed by atoms with Crippen LogP contribution in [0.4, 0.5) is 5.13 Å². The molecule has 2 aromatic rings. The molecule has 1 fully saturated rings. The van der Waals surface area contributed by atoms with Gasteiger partial charge in [0.1, 0.15) is 29.9 Å². The Morgan fingerprint density at radius 2 is 2.26 bits per heavy atom. The summed E-state index contributed by atoms with van der Waals surface area (Å²) in [5.41, 5.74) is 5.89. The zero-order valence-electron chi connectivity index (χ0n) is 19.4. The molecule has 16 heteroatoms. The minimum atomic E-state index is -1.29. The quantitative estimate of drug-likeness (QED) is 0.146. The van der Waals surface area contributed by atoms with Gasteiger partial charge in [-0.2, -0.15) is 0 Å². The van der Waals surface area contributed by atoms with E-state index < -0.39 is 29.2 Å². The van der Waals surface area contributed by atoms with Crippen molar-refractivity contribution in [3.63, 3.8) is 0 Å². The maximum Gasteiger partial charge on any atom is 1.00 e. The van der Waals surface area contributed by atoms with Gasteiger partial charge in [-0.15, -0.1) is 23.1 Å². The Morgan fingerprint density at radius 3 is 2.86 bits per heavy atom. The summed E-state index contributed by atoms with van der Waals surface area (Å²) >= 11 is 3.29. The smallest absolute Gasteiger partial charge is 1.00 e. The third-order valence-corrected chi connectivity index (χ3v) is 7.77. The number of anilines is 1. The number of nitrogens with two attached hydrogens (primary N) is 1. The average molecular weight is 548 g/mol. The standard InChI is InChI=1S/C19H17N5O7S3.Na.H/c1-30-23-11(9-7-34-19(20)21-9)14(25)22-12-15(26)24-13(17(27)28)8(5-32-16(12)24)6-33-18(29)10-3-2-4-31-10;;/h2-4,7,12,16H,5-6H2,1H3,(H2,20,21)(H,22,25)(H,27,28);;/q;+1;-1/t12-,16-;;/m1../s1. The number of nitrogens with one attached hydrogen (secondary N) is 1. The van der Waals surface area contributed by atoms with Crippen molar-refractivity contribution in [1.29, 1.82) is 0 Å². The zero-order chi connectivity index (χ0) is 24.4. The summed E-state index contributed by atoms with van der Waals surface area (Å²) in [6.07, 6.45) is 1.37. The third kappa shape index (κ3) is 5.59. The van der Waals surface area contributed by atoms with E-state index in [0.717, 1.165) is 28.0 Å². The number of nitrogens with zero attached hydrogens (tertiary/aromatic N) is 3. The number of carbonyl (C=O) groups is 4. The predicted molar refractivity (Wildman–Crippen MR) is 126 cm³/mol. The largest absolute Gasteiger partial charge is 1.00 e. The molecule has 2 aliphatic heterocycles. The van der Waals surface area contributed by atoms with Gasteiger partial charge < -0.3 is 26.8 Å². The molecular formula is C19H18N5NaO7S3. The fourth-order valence-electron chi connectivity index (χ4n) is 3.31. The fourth-order valence-corrected chi connectivity index (χ4v) is 6.14. The molecule has 0 spiro atoms. The molecule has 0 saturated carbocycles. The van der Waals surface area contributed by atoms with Gasteiger partial charge in [0.2, 0.25) is 0 Å². The summed E-state index contributed by atoms with van der Waals surface area (Å²) in [4.78, 5) is 59.6. The van der Waals surface area contributed by atoms with Crippen molar-refractivity contribution in [3.05, 3.63) is 46.5 Å². The van der Waals surface area contributed by atoms with Crippen LogP contribution >= 0.6 is 34.9 Å². The van der Waals surface area contributed by atoms with Gasteiger partial charge in [0.25, 0.3) is 16.9 Å². The monoisotopic (exact) mass is 547 g/mol. The molecule has 0 radical (unpaired) electrons. The van der Waals surface area contributed by atoms with Crippen LogP contribution in [0.2, 0.25) is 0 Å². The maximum atomic E-state index is 12.8. The van der Waals surface area contributed by atoms with Crippen LogP contribution in [-0.2, 0) is 19.2 Å². The van der Waals surface area contributed by atoms with E-state index in [4.69, 9.17) is 15.0 Å². The van der Waals surface area contributed by atoms with Gasteiger partial charge in [0.15, 0.2) is 16.6 Å². The van der Waals surface area contributed by atoms with E-state index in [1.807, 2.05) is 0 Å². The summed E-state index contributed by atoms with van der Waals surface area (Å²) in [6.45, 7) is 0. The molecule has 2 atom stereocenters. The number of carbonyl (C=O) groups excluding carboxylic acids is 3. The predicted octanol–water partition coefficient (Wildman–Crippen LogP) is -1.90. The number of hydrogen-bond donors (Lipinski definition) is 3. The second kappa shape index (κ2) is 11.6. The zero-order valence-corrected chi connectivity index (χ0v) is 22.9. The van der Waals surface area contributed by atoms with E-state index in [-0.39, 0.29) is 75.6 Å².